The molecule has 9 nitrogen and oxygen atoms in total. The molecule has 6 N–H and O–H groups in total. The SMILES string of the molecule is CC(=O)c1cc(Cc2ccc(Oc3ccc(Cc4cc(C(C)=O)c(O)c(O)c4O)cc3)cc2)c(O)c(O)c1O. The van der Waals surface area contributed by atoms with Gasteiger partial charge < -0.3 is 35.4 Å². The Bertz CT molecular complexity index is 1450. The fourth-order valence-corrected chi connectivity index (χ4v) is 4.14. The number of aromatic hydroxyl groups is 6. The third-order valence-electron chi connectivity index (χ3n) is 6.28. The maximum atomic E-state index is 11.7. The highest BCUT2D eigenvalue weighted by atomic mass is 16.5. The Morgan fingerprint density at radius 3 is 1.18 bits per heavy atom. The zero-order valence-electron chi connectivity index (χ0n) is 21.1. The monoisotopic (exact) mass is 530 g/mol. The number of hydrogen-bond acceptors (Lipinski definition) is 9. The molecular weight excluding hydrogens is 504 g/mol. The highest BCUT2D eigenvalue weighted by molar-refractivity contribution is 5.99. The molecule has 0 radical (unpaired) electrons. The second-order valence-electron chi connectivity index (χ2n) is 9.11. The Balaban J connectivity index is 1.46. The van der Waals surface area contributed by atoms with Crippen molar-refractivity contribution in [3.63, 3.8) is 0 Å². The van der Waals surface area contributed by atoms with Gasteiger partial charge in [0.15, 0.2) is 34.6 Å². The van der Waals surface area contributed by atoms with Crippen LogP contribution >= 0.6 is 0 Å². The average molecular weight is 531 g/mol. The van der Waals surface area contributed by atoms with Gasteiger partial charge in [0, 0.05) is 24.0 Å². The molecule has 0 aliphatic carbocycles. The van der Waals surface area contributed by atoms with Crippen LogP contribution in [0.15, 0.2) is 60.7 Å². The second kappa shape index (κ2) is 10.7. The summed E-state index contributed by atoms with van der Waals surface area (Å²) in [5.74, 6) is -3.61. The van der Waals surface area contributed by atoms with Crippen LogP contribution in [-0.4, -0.2) is 42.2 Å². The lowest BCUT2D eigenvalue weighted by Gasteiger charge is -2.12. The van der Waals surface area contributed by atoms with E-state index in [2.05, 4.69) is 0 Å². The van der Waals surface area contributed by atoms with Gasteiger partial charge in [-0.15, -0.1) is 0 Å². The summed E-state index contributed by atoms with van der Waals surface area (Å²) < 4.78 is 5.87. The number of benzene rings is 4. The van der Waals surface area contributed by atoms with Crippen LogP contribution in [0.4, 0.5) is 0 Å². The van der Waals surface area contributed by atoms with E-state index in [0.29, 0.717) is 11.5 Å². The van der Waals surface area contributed by atoms with Crippen molar-refractivity contribution in [2.24, 2.45) is 0 Å². The largest absolute Gasteiger partial charge is 0.504 e. The molecule has 0 heterocycles. The number of carbonyl (C=O) groups is 2. The Morgan fingerprint density at radius 2 is 0.872 bits per heavy atom. The van der Waals surface area contributed by atoms with Crippen molar-refractivity contribution < 1.29 is 45.0 Å². The van der Waals surface area contributed by atoms with Gasteiger partial charge in [0.25, 0.3) is 0 Å². The Labute approximate surface area is 223 Å². The normalized spacial score (nSPS) is 10.8. The standard InChI is InChI=1S/C30H26O9/c1-15(31)23-13-19(25(33)29(37)27(23)35)11-17-3-7-21(8-4-17)39-22-9-5-18(6-10-22)12-20-14-24(16(2)32)28(36)30(38)26(20)34/h3-10,13-14,33-38H,11-12H2,1-2H3. The van der Waals surface area contributed by atoms with Crippen LogP contribution in [-0.2, 0) is 12.8 Å². The van der Waals surface area contributed by atoms with Crippen molar-refractivity contribution in [1.29, 1.82) is 0 Å². The van der Waals surface area contributed by atoms with Crippen LogP contribution in [0.3, 0.4) is 0 Å². The van der Waals surface area contributed by atoms with Crippen molar-refractivity contribution in [3.05, 3.63) is 94.0 Å². The van der Waals surface area contributed by atoms with Gasteiger partial charge in [0.05, 0.1) is 11.1 Å². The van der Waals surface area contributed by atoms with Gasteiger partial charge in [-0.25, -0.2) is 0 Å². The van der Waals surface area contributed by atoms with Crippen LogP contribution in [0.2, 0.25) is 0 Å². The summed E-state index contributed by atoms with van der Waals surface area (Å²) >= 11 is 0. The molecule has 4 aromatic carbocycles. The molecule has 9 heteroatoms. The number of phenols is 6. The number of ether oxygens (including phenoxy) is 1. The summed E-state index contributed by atoms with van der Waals surface area (Å²) in [4.78, 5) is 23.5. The molecule has 0 saturated heterocycles. The summed E-state index contributed by atoms with van der Waals surface area (Å²) in [7, 11) is 0. The zero-order chi connectivity index (χ0) is 28.4. The minimum Gasteiger partial charge on any atom is -0.504 e. The van der Waals surface area contributed by atoms with E-state index in [0.717, 1.165) is 11.1 Å². The van der Waals surface area contributed by atoms with E-state index in [1.165, 1.54) is 26.0 Å². The van der Waals surface area contributed by atoms with Gasteiger partial charge in [-0.1, -0.05) is 24.3 Å². The van der Waals surface area contributed by atoms with Gasteiger partial charge in [0.2, 0.25) is 11.5 Å². The smallest absolute Gasteiger partial charge is 0.201 e. The van der Waals surface area contributed by atoms with Gasteiger partial charge in [-0.2, -0.15) is 0 Å². The van der Waals surface area contributed by atoms with Gasteiger partial charge >= 0.3 is 0 Å². The van der Waals surface area contributed by atoms with E-state index in [4.69, 9.17) is 4.74 Å². The molecular formula is C30H26O9. The maximum absolute atomic E-state index is 11.7. The molecule has 0 atom stereocenters. The topological polar surface area (TPSA) is 165 Å². The molecule has 0 spiro atoms. The Morgan fingerprint density at radius 1 is 0.538 bits per heavy atom. The quantitative estimate of drug-likeness (QED) is 0.131. The predicted molar refractivity (Wildman–Crippen MR) is 141 cm³/mol. The predicted octanol–water partition coefficient (Wildman–Crippen LogP) is 5.30. The summed E-state index contributed by atoms with van der Waals surface area (Å²) in [5.41, 5.74) is 1.91. The highest BCUT2D eigenvalue weighted by Gasteiger charge is 2.20. The molecule has 0 aliphatic rings. The molecule has 4 aromatic rings. The number of phenolic OH excluding ortho intramolecular Hbond substituents is 6. The van der Waals surface area contributed by atoms with E-state index >= 15 is 0 Å². The first kappa shape index (κ1) is 26.9. The minimum absolute atomic E-state index is 0.0829. The van der Waals surface area contributed by atoms with Crippen molar-refractivity contribution >= 4 is 11.6 Å². The van der Waals surface area contributed by atoms with Gasteiger partial charge in [0.1, 0.15) is 11.5 Å². The van der Waals surface area contributed by atoms with Crippen LogP contribution in [0.1, 0.15) is 56.8 Å². The van der Waals surface area contributed by atoms with Crippen molar-refractivity contribution in [1.82, 2.24) is 0 Å². The maximum Gasteiger partial charge on any atom is 0.201 e. The van der Waals surface area contributed by atoms with Crippen molar-refractivity contribution in [2.45, 2.75) is 26.7 Å². The van der Waals surface area contributed by atoms with Crippen molar-refractivity contribution in [3.8, 4) is 46.0 Å². The first-order chi connectivity index (χ1) is 18.5. The highest BCUT2D eigenvalue weighted by Crippen LogP contribution is 2.42. The first-order valence-electron chi connectivity index (χ1n) is 11.9. The van der Waals surface area contributed by atoms with Crippen molar-refractivity contribution in [2.75, 3.05) is 0 Å². The Hall–Kier alpha value is -5.18. The molecule has 0 fully saturated rings. The summed E-state index contributed by atoms with van der Waals surface area (Å²) in [6, 6.07) is 16.6. The number of rotatable bonds is 8. The average Bonchev–Trinajstić information content (AvgIpc) is 2.91. The molecule has 0 amide bonds. The van der Waals surface area contributed by atoms with Gasteiger partial charge in [-0.3, -0.25) is 9.59 Å². The molecule has 0 aliphatic heterocycles. The minimum atomic E-state index is -0.738. The number of ketones is 2. The van der Waals surface area contributed by atoms with E-state index in [1.54, 1.807) is 48.5 Å². The Kier molecular flexibility index (Phi) is 7.35. The van der Waals surface area contributed by atoms with E-state index in [9.17, 15) is 40.2 Å². The fourth-order valence-electron chi connectivity index (χ4n) is 4.14. The number of Topliss-reactive ketones (excluding diaryl/α,β-unsaturated/α-hetero) is 2. The molecule has 4 rings (SSSR count). The molecule has 0 unspecified atom stereocenters. The molecule has 0 saturated carbocycles. The molecule has 39 heavy (non-hydrogen) atoms. The van der Waals surface area contributed by atoms with Crippen LogP contribution in [0.5, 0.6) is 46.0 Å². The molecule has 0 aromatic heterocycles. The first-order valence-corrected chi connectivity index (χ1v) is 11.9. The van der Waals surface area contributed by atoms with Gasteiger partial charge in [-0.05, 0) is 61.4 Å². The third-order valence-corrected chi connectivity index (χ3v) is 6.28. The summed E-state index contributed by atoms with van der Waals surface area (Å²) in [6.07, 6.45) is 0.389. The van der Waals surface area contributed by atoms with E-state index < -0.39 is 46.1 Å². The fraction of sp³-hybridized carbons (Fsp3) is 0.133. The number of hydrogen-bond donors (Lipinski definition) is 6. The second-order valence-corrected chi connectivity index (χ2v) is 9.11. The zero-order valence-corrected chi connectivity index (χ0v) is 21.1. The van der Waals surface area contributed by atoms with E-state index in [-0.39, 0.29) is 35.1 Å². The molecule has 0 bridgehead atoms. The lowest BCUT2D eigenvalue weighted by Crippen LogP contribution is -1.98. The number of carbonyl (C=O) groups excluding carboxylic acids is 2. The summed E-state index contributed by atoms with van der Waals surface area (Å²) in [5, 5.41) is 60.1. The van der Waals surface area contributed by atoms with Crippen LogP contribution in [0, 0.1) is 0 Å². The lowest BCUT2D eigenvalue weighted by molar-refractivity contribution is 0.100. The van der Waals surface area contributed by atoms with Crippen LogP contribution < -0.4 is 4.74 Å². The molecule has 200 valence electrons. The summed E-state index contributed by atoms with van der Waals surface area (Å²) in [6.45, 7) is 2.50. The van der Waals surface area contributed by atoms with Crippen LogP contribution in [0.25, 0.3) is 0 Å². The van der Waals surface area contributed by atoms with E-state index in [1.807, 2.05) is 0 Å². The third kappa shape index (κ3) is 5.57. The lowest BCUT2D eigenvalue weighted by atomic mass is 9.98.